The minimum atomic E-state index is -1.66. The highest BCUT2D eigenvalue weighted by atomic mass is 19.1. The summed E-state index contributed by atoms with van der Waals surface area (Å²) in [6.45, 7) is -0.154. The minimum absolute atomic E-state index is 0.154. The van der Waals surface area contributed by atoms with Crippen LogP contribution in [0.1, 0.15) is 21.6 Å². The van der Waals surface area contributed by atoms with Crippen molar-refractivity contribution in [3.63, 3.8) is 0 Å². The molecule has 0 atom stereocenters. The van der Waals surface area contributed by atoms with Gasteiger partial charge in [0.25, 0.3) is 5.91 Å². The van der Waals surface area contributed by atoms with Gasteiger partial charge in [0.15, 0.2) is 0 Å². The van der Waals surface area contributed by atoms with E-state index < -0.39 is 22.9 Å². The first-order valence-electron chi connectivity index (χ1n) is 9.52. The lowest BCUT2D eigenvalue weighted by atomic mass is 9.59. The Morgan fingerprint density at radius 2 is 1.87 bits per heavy atom. The molecule has 0 saturated carbocycles. The van der Waals surface area contributed by atoms with E-state index in [-0.39, 0.29) is 28.9 Å². The first-order valence-corrected chi connectivity index (χ1v) is 9.52. The van der Waals surface area contributed by atoms with Gasteiger partial charge in [-0.1, -0.05) is 12.1 Å². The summed E-state index contributed by atoms with van der Waals surface area (Å²) < 4.78 is 31.2. The third-order valence-corrected chi connectivity index (χ3v) is 5.51. The highest BCUT2D eigenvalue weighted by molar-refractivity contribution is 6.42. The van der Waals surface area contributed by atoms with Gasteiger partial charge in [-0.25, -0.2) is 8.78 Å². The van der Waals surface area contributed by atoms with Crippen molar-refractivity contribution in [3.8, 4) is 11.1 Å². The maximum atomic E-state index is 15.0. The van der Waals surface area contributed by atoms with E-state index in [4.69, 9.17) is 15.7 Å². The lowest BCUT2D eigenvalue weighted by molar-refractivity contribution is 0.0729. The molecule has 2 aromatic heterocycles. The van der Waals surface area contributed by atoms with Crippen molar-refractivity contribution in [1.82, 2.24) is 19.7 Å². The van der Waals surface area contributed by atoms with Crippen molar-refractivity contribution >= 4 is 32.5 Å². The van der Waals surface area contributed by atoms with E-state index in [1.165, 1.54) is 29.3 Å². The zero-order chi connectivity index (χ0) is 21.9. The summed E-state index contributed by atoms with van der Waals surface area (Å²) in [5.41, 5.74) is 1.87. The molecular weight excluding hydrogens is 396 g/mol. The third-order valence-electron chi connectivity index (χ3n) is 5.51. The van der Waals surface area contributed by atoms with Gasteiger partial charge in [0.05, 0.1) is 32.5 Å². The fourth-order valence-electron chi connectivity index (χ4n) is 3.95. The van der Waals surface area contributed by atoms with Gasteiger partial charge in [0.1, 0.15) is 11.6 Å². The number of aryl methyl sites for hydroxylation is 1. The summed E-state index contributed by atoms with van der Waals surface area (Å²) in [4.78, 5) is 18.0. The normalized spacial score (nSPS) is 14.9. The molecule has 1 amide bonds. The van der Waals surface area contributed by atoms with Crippen LogP contribution in [0, 0.1) is 11.6 Å². The maximum Gasteiger partial charge on any atom is 0.255 e. The summed E-state index contributed by atoms with van der Waals surface area (Å²) in [6, 6.07) is 10.5. The Bertz CT molecular complexity index is 1370. The third kappa shape index (κ3) is 3.03. The van der Waals surface area contributed by atoms with Crippen LogP contribution in [0.2, 0.25) is 0 Å². The fraction of sp³-hybridized carbons (Fsp3) is 0.136. The average Bonchev–Trinajstić information content (AvgIpc) is 3.18. The van der Waals surface area contributed by atoms with Crippen molar-refractivity contribution in [2.75, 3.05) is 0 Å². The van der Waals surface area contributed by atoms with Gasteiger partial charge in [0, 0.05) is 53.9 Å². The molecule has 5 nitrogen and oxygen atoms in total. The number of aromatic nitrogens is 3. The van der Waals surface area contributed by atoms with Crippen LogP contribution >= 0.6 is 0 Å². The first kappa shape index (κ1) is 19.5. The van der Waals surface area contributed by atoms with E-state index in [0.29, 0.717) is 11.1 Å². The molecule has 148 valence electrons. The second-order valence-electron chi connectivity index (χ2n) is 7.62. The number of hydrogen-bond donors (Lipinski definition) is 0. The number of carbonyl (C=O) groups excluding carboxylic acids is 1. The van der Waals surface area contributed by atoms with Gasteiger partial charge in [0.2, 0.25) is 0 Å². The number of hydrogen-bond acceptors (Lipinski definition) is 3. The molecule has 0 aliphatic carbocycles. The summed E-state index contributed by atoms with van der Waals surface area (Å²) >= 11 is 0. The molecule has 0 spiro atoms. The summed E-state index contributed by atoms with van der Waals surface area (Å²) in [7, 11) is 14.1. The predicted molar refractivity (Wildman–Crippen MR) is 113 cm³/mol. The minimum Gasteiger partial charge on any atom is -0.340 e. The zero-order valence-electron chi connectivity index (χ0n) is 16.5. The zero-order valence-corrected chi connectivity index (χ0v) is 16.5. The molecular formula is C22H14B2F2N4O. The second-order valence-corrected chi connectivity index (χ2v) is 7.62. The highest BCUT2D eigenvalue weighted by Crippen LogP contribution is 2.35. The molecule has 9 heteroatoms. The van der Waals surface area contributed by atoms with Crippen LogP contribution in [-0.2, 0) is 18.9 Å². The van der Waals surface area contributed by atoms with E-state index in [1.807, 2.05) is 0 Å². The Morgan fingerprint density at radius 3 is 2.61 bits per heavy atom. The van der Waals surface area contributed by atoms with Crippen LogP contribution in [0.3, 0.4) is 0 Å². The Hall–Kier alpha value is -3.48. The van der Waals surface area contributed by atoms with Crippen LogP contribution in [0.5, 0.6) is 0 Å². The summed E-state index contributed by atoms with van der Waals surface area (Å²) in [6.07, 6.45) is 3.25. The van der Waals surface area contributed by atoms with Crippen molar-refractivity contribution in [3.05, 3.63) is 83.3 Å². The monoisotopic (exact) mass is 410 g/mol. The fourth-order valence-corrected chi connectivity index (χ4v) is 3.95. The molecule has 31 heavy (non-hydrogen) atoms. The molecule has 1 aliphatic heterocycles. The van der Waals surface area contributed by atoms with Gasteiger partial charge >= 0.3 is 0 Å². The molecule has 4 aromatic rings. The van der Waals surface area contributed by atoms with Crippen molar-refractivity contribution < 1.29 is 13.6 Å². The van der Waals surface area contributed by atoms with Gasteiger partial charge in [-0.05, 0) is 29.8 Å². The Labute approximate surface area is 179 Å². The number of amides is 1. The summed E-state index contributed by atoms with van der Waals surface area (Å²) in [5.74, 6) is -1.53. The molecule has 4 radical (unpaired) electrons. The topological polar surface area (TPSA) is 51.0 Å². The van der Waals surface area contributed by atoms with E-state index >= 15 is 0 Å². The maximum absolute atomic E-state index is 15.0. The Kier molecular flexibility index (Phi) is 4.25. The van der Waals surface area contributed by atoms with E-state index in [2.05, 4.69) is 10.1 Å². The number of carbonyl (C=O) groups is 1. The molecule has 3 heterocycles. The quantitative estimate of drug-likeness (QED) is 0.489. The van der Waals surface area contributed by atoms with Gasteiger partial charge in [-0.2, -0.15) is 5.10 Å². The Balaban J connectivity index is 1.49. The average molecular weight is 410 g/mol. The van der Waals surface area contributed by atoms with Crippen LogP contribution in [0.4, 0.5) is 8.78 Å². The smallest absolute Gasteiger partial charge is 0.255 e. The number of pyridine rings is 1. The molecule has 0 bridgehead atoms. The molecule has 5 rings (SSSR count). The van der Waals surface area contributed by atoms with Crippen LogP contribution in [-0.4, -0.2) is 41.3 Å². The molecule has 0 fully saturated rings. The number of fused-ring (bicyclic) bond motifs is 2. The van der Waals surface area contributed by atoms with Crippen LogP contribution in [0.15, 0.2) is 54.9 Å². The lowest BCUT2D eigenvalue weighted by Crippen LogP contribution is -2.44. The SMILES string of the molecule is [B]C1([B])c2ncccc2C(=O)N1Cc1ccc(-c2cc3cn(C)nc3cc2F)cc1F. The first-order chi connectivity index (χ1) is 14.8. The number of nitrogens with zero attached hydrogens (tertiary/aromatic N) is 4. The second kappa shape index (κ2) is 6.77. The number of halogens is 2. The Morgan fingerprint density at radius 1 is 1.06 bits per heavy atom. The van der Waals surface area contributed by atoms with Crippen molar-refractivity contribution in [1.29, 1.82) is 0 Å². The predicted octanol–water partition coefficient (Wildman–Crippen LogP) is 3.02. The van der Waals surface area contributed by atoms with Gasteiger partial charge < -0.3 is 4.90 Å². The summed E-state index contributed by atoms with van der Waals surface area (Å²) in [5, 5.41) is 3.26. The number of rotatable bonds is 3. The molecule has 2 aromatic carbocycles. The van der Waals surface area contributed by atoms with Crippen LogP contribution in [0.25, 0.3) is 22.0 Å². The standard InChI is InChI=1S/C22H14B2F2N4O/c1-29-10-14-7-16(18(26)9-19(14)28-29)12-4-5-13(17(25)8-12)11-30-21(31)15-3-2-6-27-20(15)22(30,23)24/h2-10H,11H2,1H3. The van der Waals surface area contributed by atoms with Gasteiger partial charge in [-0.3, -0.25) is 14.5 Å². The van der Waals surface area contributed by atoms with E-state index in [0.717, 1.165) is 5.39 Å². The van der Waals surface area contributed by atoms with Crippen molar-refractivity contribution in [2.45, 2.75) is 11.9 Å². The van der Waals surface area contributed by atoms with Crippen molar-refractivity contribution in [2.24, 2.45) is 7.05 Å². The molecule has 0 unspecified atom stereocenters. The molecule has 0 N–H and O–H groups in total. The van der Waals surface area contributed by atoms with Gasteiger partial charge in [-0.15, -0.1) is 0 Å². The largest absolute Gasteiger partial charge is 0.340 e. The molecule has 1 aliphatic rings. The van der Waals surface area contributed by atoms with E-state index in [1.54, 1.807) is 42.2 Å². The van der Waals surface area contributed by atoms with Crippen LogP contribution < -0.4 is 0 Å². The lowest BCUT2D eigenvalue weighted by Gasteiger charge is -2.33. The highest BCUT2D eigenvalue weighted by Gasteiger charge is 2.43. The molecule has 0 saturated heterocycles. The van der Waals surface area contributed by atoms with E-state index in [9.17, 15) is 13.6 Å². The number of benzene rings is 2.